The second kappa shape index (κ2) is 9.79. The van der Waals surface area contributed by atoms with Crippen LogP contribution in [0.1, 0.15) is 6.42 Å². The van der Waals surface area contributed by atoms with Crippen molar-refractivity contribution in [2.45, 2.75) is 12.5 Å². The van der Waals surface area contributed by atoms with Crippen LogP contribution in [0.25, 0.3) is 0 Å². The van der Waals surface area contributed by atoms with Gasteiger partial charge in [0, 0.05) is 46.5 Å². The molecule has 1 rings (SSSR count). The Bertz CT molecular complexity index is 179. The van der Waals surface area contributed by atoms with E-state index in [4.69, 9.17) is 14.2 Å². The van der Waals surface area contributed by atoms with Crippen LogP contribution in [0, 0.1) is 0 Å². The summed E-state index contributed by atoms with van der Waals surface area (Å²) in [6.45, 7) is 7.14. The molecule has 0 radical (unpaired) electrons. The molecule has 17 heavy (non-hydrogen) atoms. The fourth-order valence-electron chi connectivity index (χ4n) is 1.94. The zero-order valence-corrected chi connectivity index (χ0v) is 11.1. The van der Waals surface area contributed by atoms with Gasteiger partial charge in [0.25, 0.3) is 0 Å². The molecule has 1 aliphatic rings. The molecule has 1 heterocycles. The molecular formula is C12H26N2O3. The SMILES string of the molecule is CNCC1CN(CCOCCCOC)CCO1. The summed E-state index contributed by atoms with van der Waals surface area (Å²) in [5, 5.41) is 3.15. The molecule has 1 fully saturated rings. The van der Waals surface area contributed by atoms with Crippen LogP contribution in [0.3, 0.4) is 0 Å². The van der Waals surface area contributed by atoms with Gasteiger partial charge in [0.15, 0.2) is 0 Å². The first-order valence-electron chi connectivity index (χ1n) is 6.42. The van der Waals surface area contributed by atoms with Gasteiger partial charge < -0.3 is 19.5 Å². The van der Waals surface area contributed by atoms with Crippen molar-refractivity contribution in [3.8, 4) is 0 Å². The van der Waals surface area contributed by atoms with E-state index in [1.54, 1.807) is 7.11 Å². The summed E-state index contributed by atoms with van der Waals surface area (Å²) >= 11 is 0. The summed E-state index contributed by atoms with van der Waals surface area (Å²) in [5.74, 6) is 0. The van der Waals surface area contributed by atoms with E-state index >= 15 is 0 Å². The summed E-state index contributed by atoms with van der Waals surface area (Å²) in [6, 6.07) is 0. The number of rotatable bonds is 9. The molecule has 0 aromatic rings. The summed E-state index contributed by atoms with van der Waals surface area (Å²) in [7, 11) is 3.68. The van der Waals surface area contributed by atoms with Crippen LogP contribution in [-0.2, 0) is 14.2 Å². The van der Waals surface area contributed by atoms with Gasteiger partial charge in [-0.2, -0.15) is 0 Å². The molecule has 0 aromatic heterocycles. The molecule has 1 N–H and O–H groups in total. The number of nitrogens with one attached hydrogen (secondary N) is 1. The number of morpholine rings is 1. The van der Waals surface area contributed by atoms with Crippen molar-refractivity contribution in [2.24, 2.45) is 0 Å². The summed E-state index contributed by atoms with van der Waals surface area (Å²) in [5.41, 5.74) is 0. The molecule has 0 saturated carbocycles. The fraction of sp³-hybridized carbons (Fsp3) is 1.00. The fourth-order valence-corrected chi connectivity index (χ4v) is 1.94. The minimum atomic E-state index is 0.322. The van der Waals surface area contributed by atoms with Gasteiger partial charge in [-0.15, -0.1) is 0 Å². The lowest BCUT2D eigenvalue weighted by molar-refractivity contribution is -0.0346. The zero-order valence-electron chi connectivity index (χ0n) is 11.1. The van der Waals surface area contributed by atoms with Crippen LogP contribution >= 0.6 is 0 Å². The van der Waals surface area contributed by atoms with E-state index in [1.165, 1.54) is 0 Å². The Kier molecular flexibility index (Phi) is 8.56. The third-order valence-electron chi connectivity index (χ3n) is 2.84. The quantitative estimate of drug-likeness (QED) is 0.578. The first-order valence-corrected chi connectivity index (χ1v) is 6.42. The lowest BCUT2D eigenvalue weighted by Gasteiger charge is -2.32. The van der Waals surface area contributed by atoms with E-state index < -0.39 is 0 Å². The molecule has 0 bridgehead atoms. The lowest BCUT2D eigenvalue weighted by Crippen LogP contribution is -2.47. The van der Waals surface area contributed by atoms with E-state index in [1.807, 2.05) is 7.05 Å². The van der Waals surface area contributed by atoms with Crippen molar-refractivity contribution in [1.82, 2.24) is 10.2 Å². The normalized spacial score (nSPS) is 21.9. The minimum Gasteiger partial charge on any atom is -0.385 e. The van der Waals surface area contributed by atoms with Crippen LogP contribution in [-0.4, -0.2) is 77.8 Å². The smallest absolute Gasteiger partial charge is 0.0826 e. The minimum absolute atomic E-state index is 0.322. The molecule has 0 aliphatic carbocycles. The Hall–Kier alpha value is -0.200. The molecule has 0 spiro atoms. The second-order valence-corrected chi connectivity index (χ2v) is 4.31. The number of ether oxygens (including phenoxy) is 3. The van der Waals surface area contributed by atoms with Gasteiger partial charge in [0.05, 0.1) is 19.3 Å². The molecule has 1 unspecified atom stereocenters. The molecular weight excluding hydrogens is 220 g/mol. The maximum absolute atomic E-state index is 5.65. The Labute approximate surface area is 104 Å². The number of methoxy groups -OCH3 is 1. The third-order valence-corrected chi connectivity index (χ3v) is 2.84. The third kappa shape index (κ3) is 6.95. The Morgan fingerprint density at radius 2 is 2.24 bits per heavy atom. The van der Waals surface area contributed by atoms with Gasteiger partial charge in [0.1, 0.15) is 0 Å². The Morgan fingerprint density at radius 1 is 1.35 bits per heavy atom. The van der Waals surface area contributed by atoms with Crippen LogP contribution in [0.4, 0.5) is 0 Å². The Balaban J connectivity index is 1.98. The first kappa shape index (κ1) is 14.9. The van der Waals surface area contributed by atoms with Gasteiger partial charge in [-0.05, 0) is 13.5 Å². The number of nitrogens with zero attached hydrogens (tertiary/aromatic N) is 1. The van der Waals surface area contributed by atoms with Gasteiger partial charge in [-0.1, -0.05) is 0 Å². The maximum Gasteiger partial charge on any atom is 0.0826 e. The molecule has 0 aromatic carbocycles. The van der Waals surface area contributed by atoms with Crippen molar-refractivity contribution < 1.29 is 14.2 Å². The largest absolute Gasteiger partial charge is 0.385 e. The average molecular weight is 246 g/mol. The van der Waals surface area contributed by atoms with Crippen molar-refractivity contribution >= 4 is 0 Å². The van der Waals surface area contributed by atoms with Crippen molar-refractivity contribution in [3.63, 3.8) is 0 Å². The topological polar surface area (TPSA) is 43.0 Å². The monoisotopic (exact) mass is 246 g/mol. The maximum atomic E-state index is 5.65. The van der Waals surface area contributed by atoms with Crippen molar-refractivity contribution in [1.29, 1.82) is 0 Å². The second-order valence-electron chi connectivity index (χ2n) is 4.31. The van der Waals surface area contributed by atoms with E-state index in [0.717, 1.165) is 59.0 Å². The van der Waals surface area contributed by atoms with Gasteiger partial charge in [-0.25, -0.2) is 0 Å². The standard InChI is InChI=1S/C12H26N2O3/c1-13-10-12-11-14(5-9-17-12)4-8-16-7-3-6-15-2/h12-13H,3-11H2,1-2H3. The van der Waals surface area contributed by atoms with E-state index in [2.05, 4.69) is 10.2 Å². The molecule has 5 heteroatoms. The highest BCUT2D eigenvalue weighted by molar-refractivity contribution is 4.72. The highest BCUT2D eigenvalue weighted by Gasteiger charge is 2.19. The van der Waals surface area contributed by atoms with E-state index in [0.29, 0.717) is 6.10 Å². The number of likely N-dealkylation sites (N-methyl/N-ethyl adjacent to an activating group) is 1. The highest BCUT2D eigenvalue weighted by Crippen LogP contribution is 2.03. The lowest BCUT2D eigenvalue weighted by atomic mass is 10.2. The molecule has 102 valence electrons. The molecule has 1 aliphatic heterocycles. The van der Waals surface area contributed by atoms with Gasteiger partial charge in [-0.3, -0.25) is 4.90 Å². The molecule has 1 saturated heterocycles. The highest BCUT2D eigenvalue weighted by atomic mass is 16.5. The molecule has 0 amide bonds. The summed E-state index contributed by atoms with van der Waals surface area (Å²) < 4.78 is 16.2. The molecule has 1 atom stereocenters. The van der Waals surface area contributed by atoms with Crippen LogP contribution in [0.2, 0.25) is 0 Å². The molecule has 5 nitrogen and oxygen atoms in total. The van der Waals surface area contributed by atoms with E-state index in [9.17, 15) is 0 Å². The van der Waals surface area contributed by atoms with E-state index in [-0.39, 0.29) is 0 Å². The average Bonchev–Trinajstić information content (AvgIpc) is 2.35. The summed E-state index contributed by atoms with van der Waals surface area (Å²) in [6.07, 6.45) is 1.30. The predicted octanol–water partition coefficient (Wildman–Crippen LogP) is -0.0403. The number of hydrogen-bond donors (Lipinski definition) is 1. The number of hydrogen-bond acceptors (Lipinski definition) is 5. The Morgan fingerprint density at radius 3 is 3.00 bits per heavy atom. The van der Waals surface area contributed by atoms with Gasteiger partial charge in [0.2, 0.25) is 0 Å². The van der Waals surface area contributed by atoms with Crippen LogP contribution in [0.5, 0.6) is 0 Å². The van der Waals surface area contributed by atoms with Crippen LogP contribution < -0.4 is 5.32 Å². The van der Waals surface area contributed by atoms with Gasteiger partial charge >= 0.3 is 0 Å². The van der Waals surface area contributed by atoms with Crippen LogP contribution in [0.15, 0.2) is 0 Å². The van der Waals surface area contributed by atoms with Crippen molar-refractivity contribution in [2.75, 3.05) is 66.8 Å². The predicted molar refractivity (Wildman–Crippen MR) is 67.4 cm³/mol. The van der Waals surface area contributed by atoms with Crippen molar-refractivity contribution in [3.05, 3.63) is 0 Å². The summed E-state index contributed by atoms with van der Waals surface area (Å²) in [4.78, 5) is 2.40. The zero-order chi connectivity index (χ0) is 12.3. The first-order chi connectivity index (χ1) is 8.36.